The average molecular weight is 379 g/mol. The summed E-state index contributed by atoms with van der Waals surface area (Å²) in [6.45, 7) is 5.65. The van der Waals surface area contributed by atoms with Crippen LogP contribution in [0.4, 0.5) is 10.5 Å². The van der Waals surface area contributed by atoms with Crippen molar-refractivity contribution in [1.82, 2.24) is 19.4 Å². The molecule has 0 spiro atoms. The van der Waals surface area contributed by atoms with Crippen molar-refractivity contribution < 1.29 is 9.53 Å². The predicted octanol–water partition coefficient (Wildman–Crippen LogP) is 4.04. The highest BCUT2D eigenvalue weighted by Crippen LogP contribution is 2.32. The highest BCUT2D eigenvalue weighted by atomic mass is 16.5. The second-order valence-electron chi connectivity index (χ2n) is 7.36. The largest absolute Gasteiger partial charge is 0.495 e. The minimum absolute atomic E-state index is 0.110. The van der Waals surface area contributed by atoms with Crippen molar-refractivity contribution in [2.24, 2.45) is 0 Å². The lowest BCUT2D eigenvalue weighted by Crippen LogP contribution is -2.33. The van der Waals surface area contributed by atoms with Crippen LogP contribution in [-0.4, -0.2) is 45.7 Å². The van der Waals surface area contributed by atoms with E-state index in [9.17, 15) is 4.79 Å². The first-order chi connectivity index (χ1) is 13.6. The van der Waals surface area contributed by atoms with Crippen LogP contribution in [0.25, 0.3) is 11.0 Å². The van der Waals surface area contributed by atoms with Gasteiger partial charge in [-0.2, -0.15) is 0 Å². The van der Waals surface area contributed by atoms with E-state index in [-0.39, 0.29) is 18.0 Å². The van der Waals surface area contributed by atoms with Crippen molar-refractivity contribution in [3.8, 4) is 5.75 Å². The number of fused-ring (bicyclic) bond motifs is 1. The van der Waals surface area contributed by atoms with Crippen molar-refractivity contribution in [2.45, 2.75) is 32.2 Å². The number of anilines is 1. The van der Waals surface area contributed by atoms with Crippen LogP contribution >= 0.6 is 0 Å². The van der Waals surface area contributed by atoms with E-state index in [1.54, 1.807) is 13.3 Å². The molecule has 2 aromatic heterocycles. The molecule has 0 aliphatic carbocycles. The molecule has 0 bridgehead atoms. The third-order valence-corrected chi connectivity index (χ3v) is 5.22. The normalized spacial score (nSPS) is 16.7. The maximum Gasteiger partial charge on any atom is 0.321 e. The zero-order chi connectivity index (χ0) is 19.7. The summed E-state index contributed by atoms with van der Waals surface area (Å²) in [5.74, 6) is 1.89. The third kappa shape index (κ3) is 3.28. The maximum absolute atomic E-state index is 12.8. The molecule has 1 saturated heterocycles. The fourth-order valence-corrected chi connectivity index (χ4v) is 3.89. The van der Waals surface area contributed by atoms with Crippen molar-refractivity contribution in [1.29, 1.82) is 0 Å². The van der Waals surface area contributed by atoms with Gasteiger partial charge in [0.25, 0.3) is 0 Å². The first-order valence-corrected chi connectivity index (χ1v) is 9.59. The van der Waals surface area contributed by atoms with Gasteiger partial charge in [-0.3, -0.25) is 4.98 Å². The molecule has 1 fully saturated rings. The minimum atomic E-state index is -0.110. The summed E-state index contributed by atoms with van der Waals surface area (Å²) >= 11 is 0. The smallest absolute Gasteiger partial charge is 0.321 e. The second kappa shape index (κ2) is 7.50. The number of ether oxygens (including phenoxy) is 1. The summed E-state index contributed by atoms with van der Waals surface area (Å²) in [7, 11) is 1.60. The van der Waals surface area contributed by atoms with Gasteiger partial charge in [0.15, 0.2) is 0 Å². The molecule has 7 heteroatoms. The Morgan fingerprint density at radius 3 is 2.89 bits per heavy atom. The Morgan fingerprint density at radius 2 is 2.11 bits per heavy atom. The van der Waals surface area contributed by atoms with Gasteiger partial charge in [0.2, 0.25) is 0 Å². The number of aromatic nitrogens is 3. The summed E-state index contributed by atoms with van der Waals surface area (Å²) in [6.07, 6.45) is 4.53. The standard InChI is InChI=1S/C21H25N5O2/c1-14(2)26-18-12-22-10-8-16(18)23-20(26)15-9-11-25(13-15)21(27)24-17-6-4-5-7-19(17)28-3/h4-8,10,12,14-15H,9,11,13H2,1-3H3,(H,24,27)/t15-/m1/s1. The van der Waals surface area contributed by atoms with E-state index in [0.29, 0.717) is 24.5 Å². The Morgan fingerprint density at radius 1 is 1.29 bits per heavy atom. The van der Waals surface area contributed by atoms with E-state index < -0.39 is 0 Å². The number of carbonyl (C=O) groups is 1. The first-order valence-electron chi connectivity index (χ1n) is 9.59. The number of likely N-dealkylation sites (tertiary alicyclic amines) is 1. The number of nitrogens with zero attached hydrogens (tertiary/aromatic N) is 4. The SMILES string of the molecule is COc1ccccc1NC(=O)N1CC[C@@H](c2nc3ccncc3n2C(C)C)C1. The number of nitrogens with one attached hydrogen (secondary N) is 1. The van der Waals surface area contributed by atoms with Crippen LogP contribution in [0, 0.1) is 0 Å². The molecule has 0 saturated carbocycles. The molecular formula is C21H25N5O2. The summed E-state index contributed by atoms with van der Waals surface area (Å²) in [5, 5.41) is 2.96. The van der Waals surface area contributed by atoms with E-state index >= 15 is 0 Å². The number of benzene rings is 1. The number of carbonyl (C=O) groups excluding carboxylic acids is 1. The molecule has 1 aromatic carbocycles. The zero-order valence-corrected chi connectivity index (χ0v) is 16.4. The van der Waals surface area contributed by atoms with Crippen molar-refractivity contribution in [3.63, 3.8) is 0 Å². The molecule has 0 radical (unpaired) electrons. The topological polar surface area (TPSA) is 72.3 Å². The van der Waals surface area contributed by atoms with Crippen molar-refractivity contribution in [3.05, 3.63) is 48.5 Å². The Bertz CT molecular complexity index is 997. The van der Waals surface area contributed by atoms with Gasteiger partial charge < -0.3 is 19.5 Å². The van der Waals surface area contributed by atoms with E-state index in [2.05, 4.69) is 28.7 Å². The molecule has 1 aliphatic heterocycles. The van der Waals surface area contributed by atoms with Gasteiger partial charge in [-0.25, -0.2) is 9.78 Å². The van der Waals surface area contributed by atoms with Crippen molar-refractivity contribution in [2.75, 3.05) is 25.5 Å². The summed E-state index contributed by atoms with van der Waals surface area (Å²) < 4.78 is 7.57. The minimum Gasteiger partial charge on any atom is -0.495 e. The highest BCUT2D eigenvalue weighted by molar-refractivity contribution is 5.91. The number of amides is 2. The lowest BCUT2D eigenvalue weighted by molar-refractivity contribution is 0.221. The number of imidazole rings is 1. The van der Waals surface area contributed by atoms with Crippen LogP contribution in [0.15, 0.2) is 42.7 Å². The number of rotatable bonds is 4. The van der Waals surface area contributed by atoms with Crippen LogP contribution in [0.2, 0.25) is 0 Å². The number of methoxy groups -OCH3 is 1. The quantitative estimate of drug-likeness (QED) is 0.742. The van der Waals surface area contributed by atoms with Gasteiger partial charge in [0.05, 0.1) is 30.0 Å². The molecule has 3 heterocycles. The first kappa shape index (κ1) is 18.3. The van der Waals surface area contributed by atoms with Gasteiger partial charge in [0.1, 0.15) is 11.6 Å². The van der Waals surface area contributed by atoms with Crippen LogP contribution in [0.3, 0.4) is 0 Å². The Kier molecular flexibility index (Phi) is 4.90. The zero-order valence-electron chi connectivity index (χ0n) is 16.4. The summed E-state index contributed by atoms with van der Waals surface area (Å²) in [5.41, 5.74) is 2.68. The predicted molar refractivity (Wildman–Crippen MR) is 109 cm³/mol. The van der Waals surface area contributed by atoms with E-state index in [1.807, 2.05) is 41.4 Å². The number of hydrogen-bond acceptors (Lipinski definition) is 4. The van der Waals surface area contributed by atoms with Gasteiger partial charge >= 0.3 is 6.03 Å². The molecule has 4 rings (SSSR count). The van der Waals surface area contributed by atoms with Crippen LogP contribution in [0.1, 0.15) is 38.1 Å². The van der Waals surface area contributed by atoms with Gasteiger partial charge in [-0.05, 0) is 38.5 Å². The Hall–Kier alpha value is -3.09. The molecular weight excluding hydrogens is 354 g/mol. The van der Waals surface area contributed by atoms with Crippen molar-refractivity contribution >= 4 is 22.8 Å². The van der Waals surface area contributed by atoms with Gasteiger partial charge in [0, 0.05) is 31.2 Å². The number of para-hydroxylation sites is 2. The lowest BCUT2D eigenvalue weighted by Gasteiger charge is -2.19. The number of urea groups is 1. The molecule has 7 nitrogen and oxygen atoms in total. The summed E-state index contributed by atoms with van der Waals surface area (Å²) in [4.78, 5) is 23.7. The third-order valence-electron chi connectivity index (χ3n) is 5.22. The lowest BCUT2D eigenvalue weighted by atomic mass is 10.1. The fourth-order valence-electron chi connectivity index (χ4n) is 3.89. The fraction of sp³-hybridized carbons (Fsp3) is 0.381. The summed E-state index contributed by atoms with van der Waals surface area (Å²) in [6, 6.07) is 9.55. The molecule has 3 aromatic rings. The molecule has 0 unspecified atom stereocenters. The van der Waals surface area contributed by atoms with Crippen LogP contribution in [0.5, 0.6) is 5.75 Å². The van der Waals surface area contributed by atoms with Gasteiger partial charge in [-0.15, -0.1) is 0 Å². The van der Waals surface area contributed by atoms with E-state index in [1.165, 1.54) is 0 Å². The monoisotopic (exact) mass is 379 g/mol. The van der Waals surface area contributed by atoms with E-state index in [4.69, 9.17) is 9.72 Å². The highest BCUT2D eigenvalue weighted by Gasteiger charge is 2.31. The number of hydrogen-bond donors (Lipinski definition) is 1. The van der Waals surface area contributed by atoms with Crippen LogP contribution in [-0.2, 0) is 0 Å². The average Bonchev–Trinajstić information content (AvgIpc) is 3.33. The molecule has 1 atom stereocenters. The van der Waals surface area contributed by atoms with E-state index in [0.717, 1.165) is 23.3 Å². The van der Waals surface area contributed by atoms with Crippen LogP contribution < -0.4 is 10.1 Å². The molecule has 146 valence electrons. The molecule has 2 amide bonds. The Balaban J connectivity index is 1.54. The maximum atomic E-state index is 12.8. The second-order valence-corrected chi connectivity index (χ2v) is 7.36. The molecule has 28 heavy (non-hydrogen) atoms. The number of pyridine rings is 1. The Labute approximate surface area is 164 Å². The molecule has 1 N–H and O–H groups in total. The van der Waals surface area contributed by atoms with Gasteiger partial charge in [-0.1, -0.05) is 12.1 Å². The molecule has 1 aliphatic rings.